The van der Waals surface area contributed by atoms with Crippen LogP contribution in [0.3, 0.4) is 0 Å². The van der Waals surface area contributed by atoms with Crippen LogP contribution in [0.4, 0.5) is 0 Å². The number of hydrogen-bond donors (Lipinski definition) is 1. The minimum Gasteiger partial charge on any atom is -0.496 e. The predicted molar refractivity (Wildman–Crippen MR) is 97.3 cm³/mol. The third-order valence-electron chi connectivity index (χ3n) is 4.03. The minimum absolute atomic E-state index is 0.614. The average molecular weight is 329 g/mol. The van der Waals surface area contributed by atoms with Crippen LogP contribution in [0.25, 0.3) is 0 Å². The molecule has 0 heterocycles. The van der Waals surface area contributed by atoms with Crippen LogP contribution in [-0.4, -0.2) is 27.9 Å². The van der Waals surface area contributed by atoms with Crippen LogP contribution >= 0.6 is 0 Å². The molecule has 0 unspecified atom stereocenters. The Labute approximate surface area is 144 Å². The van der Waals surface area contributed by atoms with E-state index in [-0.39, 0.29) is 0 Å². The Morgan fingerprint density at radius 1 is 0.917 bits per heavy atom. The van der Waals surface area contributed by atoms with E-state index in [2.05, 4.69) is 36.5 Å². The quantitative estimate of drug-likeness (QED) is 0.763. The summed E-state index contributed by atoms with van der Waals surface area (Å²) in [4.78, 5) is 0. The van der Waals surface area contributed by atoms with Crippen LogP contribution in [0.2, 0.25) is 0 Å². The zero-order chi connectivity index (χ0) is 17.4. The zero-order valence-electron chi connectivity index (χ0n) is 15.0. The molecule has 0 aliphatic heterocycles. The van der Waals surface area contributed by atoms with Gasteiger partial charge in [-0.05, 0) is 24.6 Å². The van der Waals surface area contributed by atoms with Crippen molar-refractivity contribution in [2.24, 2.45) is 0 Å². The Balaban J connectivity index is 2.03. The van der Waals surface area contributed by atoms with Gasteiger partial charge >= 0.3 is 0 Å². The van der Waals surface area contributed by atoms with Crippen LogP contribution < -0.4 is 19.5 Å². The van der Waals surface area contributed by atoms with E-state index in [1.165, 1.54) is 11.1 Å². The fourth-order valence-corrected chi connectivity index (χ4v) is 2.62. The van der Waals surface area contributed by atoms with Gasteiger partial charge < -0.3 is 19.5 Å². The first-order valence-corrected chi connectivity index (χ1v) is 8.31. The molecule has 2 aromatic rings. The highest BCUT2D eigenvalue weighted by Gasteiger charge is 2.12. The lowest BCUT2D eigenvalue weighted by atomic mass is 10.1. The molecule has 24 heavy (non-hydrogen) atoms. The van der Waals surface area contributed by atoms with Gasteiger partial charge in [-0.25, -0.2) is 0 Å². The summed E-state index contributed by atoms with van der Waals surface area (Å²) in [5.74, 6) is 2.30. The molecule has 2 rings (SSSR count). The van der Waals surface area contributed by atoms with E-state index in [9.17, 15) is 0 Å². The number of methoxy groups -OCH3 is 2. The van der Waals surface area contributed by atoms with Gasteiger partial charge in [0.15, 0.2) is 0 Å². The number of hydrogen-bond acceptors (Lipinski definition) is 4. The molecule has 0 atom stereocenters. The van der Waals surface area contributed by atoms with Crippen molar-refractivity contribution >= 4 is 0 Å². The molecular formula is C20H27NO3. The Morgan fingerprint density at radius 2 is 1.50 bits per heavy atom. The molecule has 0 radical (unpaired) electrons. The fourth-order valence-electron chi connectivity index (χ4n) is 2.62. The molecule has 4 nitrogen and oxygen atoms in total. The molecule has 4 heteroatoms. The molecule has 0 spiro atoms. The highest BCUT2D eigenvalue weighted by molar-refractivity contribution is 5.50. The van der Waals surface area contributed by atoms with E-state index < -0.39 is 0 Å². The number of ether oxygens (including phenoxy) is 3. The first-order chi connectivity index (χ1) is 11.7. The first-order valence-electron chi connectivity index (χ1n) is 8.31. The molecule has 0 bridgehead atoms. The second kappa shape index (κ2) is 9.18. The minimum atomic E-state index is 0.614. The largest absolute Gasteiger partial charge is 0.496 e. The summed E-state index contributed by atoms with van der Waals surface area (Å²) in [6, 6.07) is 12.5. The predicted octanol–water partition coefficient (Wildman–Crippen LogP) is 3.61. The Morgan fingerprint density at radius 3 is 2.00 bits per heavy atom. The van der Waals surface area contributed by atoms with Crippen molar-refractivity contribution in [3.05, 3.63) is 53.1 Å². The lowest BCUT2D eigenvalue weighted by Gasteiger charge is -2.15. The molecular weight excluding hydrogens is 302 g/mol. The summed E-state index contributed by atoms with van der Waals surface area (Å²) in [5.41, 5.74) is 3.62. The van der Waals surface area contributed by atoms with Gasteiger partial charge in [-0.3, -0.25) is 0 Å². The van der Waals surface area contributed by atoms with E-state index in [1.807, 2.05) is 19.2 Å². The monoisotopic (exact) mass is 329 g/mol. The molecule has 1 N–H and O–H groups in total. The maximum Gasteiger partial charge on any atom is 0.130 e. The van der Waals surface area contributed by atoms with E-state index in [4.69, 9.17) is 14.2 Å². The van der Waals surface area contributed by atoms with Gasteiger partial charge in [0, 0.05) is 25.1 Å². The van der Waals surface area contributed by atoms with Crippen LogP contribution in [0.5, 0.6) is 17.2 Å². The maximum atomic E-state index is 5.90. The number of nitrogens with one attached hydrogen (secondary N) is 1. The molecule has 130 valence electrons. The van der Waals surface area contributed by atoms with Crippen LogP contribution in [0.1, 0.15) is 23.6 Å². The van der Waals surface area contributed by atoms with Gasteiger partial charge in [0.05, 0.1) is 26.4 Å². The molecule has 0 aliphatic rings. The highest BCUT2D eigenvalue weighted by Crippen LogP contribution is 2.34. The van der Waals surface area contributed by atoms with Crippen molar-refractivity contribution < 1.29 is 14.2 Å². The second-order valence-corrected chi connectivity index (χ2v) is 5.61. The number of rotatable bonds is 9. The zero-order valence-corrected chi connectivity index (χ0v) is 15.0. The molecule has 0 saturated carbocycles. The van der Waals surface area contributed by atoms with Gasteiger partial charge in [0.25, 0.3) is 0 Å². The summed E-state index contributed by atoms with van der Waals surface area (Å²) in [6.45, 7) is 3.45. The number of benzene rings is 2. The van der Waals surface area contributed by atoms with Crippen molar-refractivity contribution in [3.8, 4) is 17.2 Å². The van der Waals surface area contributed by atoms with E-state index in [1.54, 1.807) is 14.2 Å². The summed E-state index contributed by atoms with van der Waals surface area (Å²) in [7, 11) is 5.22. The maximum absolute atomic E-state index is 5.90. The van der Waals surface area contributed by atoms with Crippen molar-refractivity contribution in [1.82, 2.24) is 5.32 Å². The van der Waals surface area contributed by atoms with E-state index in [0.717, 1.165) is 35.7 Å². The summed E-state index contributed by atoms with van der Waals surface area (Å²) in [6.07, 6.45) is 1.93. The van der Waals surface area contributed by atoms with Gasteiger partial charge in [0.2, 0.25) is 0 Å². The number of aryl methyl sites for hydroxylation is 1. The van der Waals surface area contributed by atoms with Crippen molar-refractivity contribution in [2.75, 3.05) is 27.9 Å². The van der Waals surface area contributed by atoms with Crippen molar-refractivity contribution in [2.45, 2.75) is 26.3 Å². The third-order valence-corrected chi connectivity index (χ3v) is 4.03. The highest BCUT2D eigenvalue weighted by atomic mass is 16.5. The van der Waals surface area contributed by atoms with Crippen LogP contribution in [-0.2, 0) is 19.4 Å². The second-order valence-electron chi connectivity index (χ2n) is 5.61. The smallest absolute Gasteiger partial charge is 0.130 e. The lowest BCUT2D eigenvalue weighted by Crippen LogP contribution is -2.09. The van der Waals surface area contributed by atoms with Crippen LogP contribution in [0.15, 0.2) is 36.4 Å². The normalized spacial score (nSPS) is 10.5. The van der Waals surface area contributed by atoms with E-state index in [0.29, 0.717) is 13.2 Å². The van der Waals surface area contributed by atoms with Gasteiger partial charge in [-0.1, -0.05) is 31.2 Å². The Bertz CT molecular complexity index is 613. The Kier molecular flexibility index (Phi) is 6.94. The summed E-state index contributed by atoms with van der Waals surface area (Å²) in [5, 5.41) is 3.13. The topological polar surface area (TPSA) is 39.7 Å². The summed E-state index contributed by atoms with van der Waals surface area (Å²) >= 11 is 0. The van der Waals surface area contributed by atoms with Gasteiger partial charge in [0.1, 0.15) is 17.2 Å². The average Bonchev–Trinajstić information content (AvgIpc) is 2.63. The molecule has 0 saturated heterocycles. The molecule has 0 aliphatic carbocycles. The Hall–Kier alpha value is -2.20. The standard InChI is InChI=1S/C20H27NO3/c1-5-15-6-8-16(9-7-15)10-11-24-17-12-19(22-3)18(14-21-2)20(13-17)23-4/h6-9,12-13,21H,5,10-11,14H2,1-4H3. The van der Waals surface area contributed by atoms with Crippen molar-refractivity contribution in [1.29, 1.82) is 0 Å². The molecule has 0 amide bonds. The molecule has 0 fully saturated rings. The first kappa shape index (κ1) is 18.1. The van der Waals surface area contributed by atoms with Crippen LogP contribution in [0, 0.1) is 0 Å². The third kappa shape index (κ3) is 4.65. The van der Waals surface area contributed by atoms with Crippen molar-refractivity contribution in [3.63, 3.8) is 0 Å². The lowest BCUT2D eigenvalue weighted by molar-refractivity contribution is 0.313. The van der Waals surface area contributed by atoms with Gasteiger partial charge in [-0.15, -0.1) is 0 Å². The molecule has 0 aromatic heterocycles. The SMILES string of the molecule is CCc1ccc(CCOc2cc(OC)c(CNC)c(OC)c2)cc1. The molecule has 2 aromatic carbocycles. The fraction of sp³-hybridized carbons (Fsp3) is 0.400. The summed E-state index contributed by atoms with van der Waals surface area (Å²) < 4.78 is 16.8. The van der Waals surface area contributed by atoms with E-state index >= 15 is 0 Å². The van der Waals surface area contributed by atoms with Gasteiger partial charge in [-0.2, -0.15) is 0 Å².